The molecule has 7 heteroatoms. The van der Waals surface area contributed by atoms with Crippen LogP contribution in [-0.2, 0) is 6.54 Å². The molecule has 1 fully saturated rings. The number of carbonyl (C=O) groups excluding carboxylic acids is 1. The Kier molecular flexibility index (Phi) is 5.59. The van der Waals surface area contributed by atoms with E-state index in [1.807, 2.05) is 29.0 Å². The van der Waals surface area contributed by atoms with Crippen LogP contribution in [0.3, 0.4) is 0 Å². The summed E-state index contributed by atoms with van der Waals surface area (Å²) in [6.07, 6.45) is 7.15. The van der Waals surface area contributed by atoms with Crippen molar-refractivity contribution in [3.05, 3.63) is 48.0 Å². The Morgan fingerprint density at radius 1 is 1.42 bits per heavy atom. The molecule has 1 aromatic heterocycles. The van der Waals surface area contributed by atoms with Crippen LogP contribution in [0.5, 0.6) is 5.75 Å². The van der Waals surface area contributed by atoms with Crippen LogP contribution in [0.25, 0.3) is 0 Å². The number of urea groups is 1. The first-order valence-corrected chi connectivity index (χ1v) is 8.50. The number of ether oxygens (including phenoxy) is 1. The largest absolute Gasteiger partial charge is 0.487 e. The third-order valence-corrected chi connectivity index (χ3v) is 4.31. The molecule has 3 rings (SSSR count). The van der Waals surface area contributed by atoms with Gasteiger partial charge in [0.05, 0.1) is 17.9 Å². The van der Waals surface area contributed by atoms with Gasteiger partial charge < -0.3 is 19.5 Å². The van der Waals surface area contributed by atoms with Gasteiger partial charge in [0.2, 0.25) is 0 Å². The van der Waals surface area contributed by atoms with Crippen molar-refractivity contribution in [1.82, 2.24) is 19.8 Å². The molecule has 0 spiro atoms. The molecule has 0 aliphatic carbocycles. The Labute approximate surface area is 146 Å². The number of para-hydroxylation sites is 1. The van der Waals surface area contributed by atoms with E-state index < -0.39 is 0 Å². The van der Waals surface area contributed by atoms with Crippen molar-refractivity contribution in [2.45, 2.75) is 25.5 Å². The predicted molar refractivity (Wildman–Crippen MR) is 92.3 cm³/mol. The monoisotopic (exact) mass is 348 g/mol. The Hall–Kier alpha value is -2.21. The Morgan fingerprint density at radius 3 is 3.08 bits per heavy atom. The van der Waals surface area contributed by atoms with Gasteiger partial charge in [-0.2, -0.15) is 0 Å². The second-order valence-corrected chi connectivity index (χ2v) is 6.20. The van der Waals surface area contributed by atoms with E-state index in [4.69, 9.17) is 16.3 Å². The molecule has 1 aliphatic rings. The van der Waals surface area contributed by atoms with Gasteiger partial charge in [0.1, 0.15) is 11.9 Å². The number of likely N-dealkylation sites (tertiary alicyclic amines) is 1. The molecule has 1 aliphatic heterocycles. The fourth-order valence-corrected chi connectivity index (χ4v) is 2.94. The molecule has 24 heavy (non-hydrogen) atoms. The molecule has 1 N–H and O–H groups in total. The fourth-order valence-electron chi connectivity index (χ4n) is 2.76. The van der Waals surface area contributed by atoms with Crippen molar-refractivity contribution >= 4 is 17.6 Å². The number of benzene rings is 1. The minimum Gasteiger partial charge on any atom is -0.487 e. The van der Waals surface area contributed by atoms with Crippen LogP contribution in [0.1, 0.15) is 12.8 Å². The molecule has 128 valence electrons. The zero-order chi connectivity index (χ0) is 16.8. The number of hydrogen-bond acceptors (Lipinski definition) is 3. The summed E-state index contributed by atoms with van der Waals surface area (Å²) < 4.78 is 7.89. The van der Waals surface area contributed by atoms with Crippen LogP contribution in [0.2, 0.25) is 5.02 Å². The summed E-state index contributed by atoms with van der Waals surface area (Å²) in [6, 6.07) is 7.37. The molecule has 1 saturated heterocycles. The normalized spacial score (nSPS) is 17.5. The quantitative estimate of drug-likeness (QED) is 0.903. The zero-order valence-electron chi connectivity index (χ0n) is 13.4. The summed E-state index contributed by atoms with van der Waals surface area (Å²) in [5.41, 5.74) is 0. The second-order valence-electron chi connectivity index (χ2n) is 5.79. The lowest BCUT2D eigenvalue weighted by Crippen LogP contribution is -2.49. The number of aromatic nitrogens is 2. The first kappa shape index (κ1) is 16.6. The molecule has 2 amide bonds. The van der Waals surface area contributed by atoms with Crippen molar-refractivity contribution in [2.75, 3.05) is 19.6 Å². The van der Waals surface area contributed by atoms with Crippen LogP contribution in [0.15, 0.2) is 43.0 Å². The average molecular weight is 349 g/mol. The van der Waals surface area contributed by atoms with Gasteiger partial charge in [0.15, 0.2) is 0 Å². The number of nitrogens with zero attached hydrogens (tertiary/aromatic N) is 3. The van der Waals surface area contributed by atoms with E-state index >= 15 is 0 Å². The summed E-state index contributed by atoms with van der Waals surface area (Å²) in [5, 5.41) is 3.54. The first-order chi connectivity index (χ1) is 11.7. The summed E-state index contributed by atoms with van der Waals surface area (Å²) >= 11 is 6.13. The molecule has 1 atom stereocenters. The summed E-state index contributed by atoms with van der Waals surface area (Å²) in [5.74, 6) is 0.673. The van der Waals surface area contributed by atoms with Crippen LogP contribution in [0.4, 0.5) is 4.79 Å². The topological polar surface area (TPSA) is 59.4 Å². The molecular weight excluding hydrogens is 328 g/mol. The van der Waals surface area contributed by atoms with E-state index in [0.29, 0.717) is 30.4 Å². The number of halogens is 1. The van der Waals surface area contributed by atoms with E-state index in [-0.39, 0.29) is 12.1 Å². The maximum absolute atomic E-state index is 12.3. The third-order valence-electron chi connectivity index (χ3n) is 4.00. The summed E-state index contributed by atoms with van der Waals surface area (Å²) in [7, 11) is 0. The molecular formula is C17H21ClN4O2. The van der Waals surface area contributed by atoms with Crippen LogP contribution < -0.4 is 10.1 Å². The second kappa shape index (κ2) is 8.06. The Balaban J connectivity index is 1.47. The molecule has 2 aromatic rings. The minimum atomic E-state index is -0.0532. The molecule has 2 heterocycles. The van der Waals surface area contributed by atoms with E-state index in [9.17, 15) is 4.79 Å². The Morgan fingerprint density at radius 2 is 2.29 bits per heavy atom. The van der Waals surface area contributed by atoms with Gasteiger partial charge in [-0.1, -0.05) is 23.7 Å². The lowest BCUT2D eigenvalue weighted by molar-refractivity contribution is 0.101. The van der Waals surface area contributed by atoms with Crippen molar-refractivity contribution in [3.8, 4) is 5.75 Å². The van der Waals surface area contributed by atoms with E-state index in [0.717, 1.165) is 19.4 Å². The number of rotatable bonds is 5. The lowest BCUT2D eigenvalue weighted by Gasteiger charge is -2.33. The average Bonchev–Trinajstić information content (AvgIpc) is 3.10. The number of carbonyl (C=O) groups is 1. The standard InChI is InChI=1S/C17H21ClN4O2/c18-15-5-1-2-6-16(15)24-14-4-3-9-22(12-14)17(23)20-8-11-21-10-7-19-13-21/h1-2,5-7,10,13-14H,3-4,8-9,11-12H2,(H,20,23). The molecule has 1 aromatic carbocycles. The third kappa shape index (κ3) is 4.41. The van der Waals surface area contributed by atoms with Crippen LogP contribution in [0, 0.1) is 0 Å². The predicted octanol–water partition coefficient (Wildman–Crippen LogP) is 2.79. The highest BCUT2D eigenvalue weighted by Gasteiger charge is 2.25. The van der Waals surface area contributed by atoms with E-state index in [2.05, 4.69) is 10.3 Å². The summed E-state index contributed by atoms with van der Waals surface area (Å²) in [6.45, 7) is 2.60. The fraction of sp³-hybridized carbons (Fsp3) is 0.412. The molecule has 0 saturated carbocycles. The van der Waals surface area contributed by atoms with Gasteiger partial charge in [-0.05, 0) is 25.0 Å². The maximum atomic E-state index is 12.3. The lowest BCUT2D eigenvalue weighted by atomic mass is 10.1. The zero-order valence-corrected chi connectivity index (χ0v) is 14.2. The highest BCUT2D eigenvalue weighted by atomic mass is 35.5. The van der Waals surface area contributed by atoms with Gasteiger partial charge in [0.25, 0.3) is 0 Å². The number of amides is 2. The number of hydrogen-bond donors (Lipinski definition) is 1. The highest BCUT2D eigenvalue weighted by molar-refractivity contribution is 6.32. The van der Waals surface area contributed by atoms with Crippen LogP contribution >= 0.6 is 11.6 Å². The van der Waals surface area contributed by atoms with Crippen molar-refractivity contribution in [1.29, 1.82) is 0 Å². The number of imidazole rings is 1. The van der Waals surface area contributed by atoms with Gasteiger partial charge in [-0.15, -0.1) is 0 Å². The first-order valence-electron chi connectivity index (χ1n) is 8.12. The van der Waals surface area contributed by atoms with Gasteiger partial charge in [-0.3, -0.25) is 0 Å². The number of piperidine rings is 1. The molecule has 0 bridgehead atoms. The van der Waals surface area contributed by atoms with E-state index in [1.165, 1.54) is 0 Å². The van der Waals surface area contributed by atoms with Gasteiger partial charge in [-0.25, -0.2) is 9.78 Å². The van der Waals surface area contributed by atoms with Crippen molar-refractivity contribution < 1.29 is 9.53 Å². The SMILES string of the molecule is O=C(NCCn1ccnc1)N1CCCC(Oc2ccccc2Cl)C1. The van der Waals surface area contributed by atoms with Gasteiger partial charge in [0, 0.05) is 32.0 Å². The van der Waals surface area contributed by atoms with Crippen molar-refractivity contribution in [2.24, 2.45) is 0 Å². The van der Waals surface area contributed by atoms with E-state index in [1.54, 1.807) is 23.5 Å². The van der Waals surface area contributed by atoms with Crippen molar-refractivity contribution in [3.63, 3.8) is 0 Å². The molecule has 0 radical (unpaired) electrons. The minimum absolute atomic E-state index is 0.0296. The van der Waals surface area contributed by atoms with Crippen LogP contribution in [-0.4, -0.2) is 46.2 Å². The molecule has 6 nitrogen and oxygen atoms in total. The van der Waals surface area contributed by atoms with Gasteiger partial charge >= 0.3 is 6.03 Å². The highest BCUT2D eigenvalue weighted by Crippen LogP contribution is 2.26. The molecule has 1 unspecified atom stereocenters. The Bertz CT molecular complexity index is 662. The number of nitrogens with one attached hydrogen (secondary N) is 1. The summed E-state index contributed by atoms with van der Waals surface area (Å²) in [4.78, 5) is 18.1. The smallest absolute Gasteiger partial charge is 0.317 e. The maximum Gasteiger partial charge on any atom is 0.317 e.